The van der Waals surface area contributed by atoms with Crippen LogP contribution in [0.15, 0.2) is 30.4 Å². The molecule has 1 aromatic rings. The van der Waals surface area contributed by atoms with Gasteiger partial charge in [0.25, 0.3) is 11.8 Å². The number of para-hydroxylation sites is 1. The predicted octanol–water partition coefficient (Wildman–Crippen LogP) is 1.73. The summed E-state index contributed by atoms with van der Waals surface area (Å²) in [6.07, 6.45) is 2.60. The van der Waals surface area contributed by atoms with Gasteiger partial charge in [-0.1, -0.05) is 18.2 Å². The lowest BCUT2D eigenvalue weighted by Gasteiger charge is -2.18. The van der Waals surface area contributed by atoms with Crippen LogP contribution >= 0.6 is 0 Å². The number of hydrogen-bond donors (Lipinski definition) is 0. The van der Waals surface area contributed by atoms with Crippen molar-refractivity contribution in [1.82, 2.24) is 0 Å². The molecular weight excluding hydrogens is 190 g/mol. The molecule has 3 nitrogen and oxygen atoms in total. The average Bonchev–Trinajstić information content (AvgIpc) is 2.49. The van der Waals surface area contributed by atoms with Gasteiger partial charge < -0.3 is 0 Å². The second kappa shape index (κ2) is 3.35. The largest absolute Gasteiger partial charge is 0.269 e. The Labute approximate surface area is 88.0 Å². The van der Waals surface area contributed by atoms with Gasteiger partial charge >= 0.3 is 0 Å². The van der Waals surface area contributed by atoms with Crippen molar-refractivity contribution < 1.29 is 9.59 Å². The second-order valence-corrected chi connectivity index (χ2v) is 3.59. The topological polar surface area (TPSA) is 37.4 Å². The lowest BCUT2D eigenvalue weighted by molar-refractivity contribution is -0.120. The highest BCUT2D eigenvalue weighted by Gasteiger charge is 2.27. The number of nitrogens with zero attached hydrogens (tertiary/aromatic N) is 1. The summed E-state index contributed by atoms with van der Waals surface area (Å²) in [5.41, 5.74) is 2.57. The van der Waals surface area contributed by atoms with Crippen LogP contribution in [0.5, 0.6) is 0 Å². The molecule has 1 aliphatic rings. The van der Waals surface area contributed by atoms with Gasteiger partial charge in [-0.3, -0.25) is 9.59 Å². The number of carbonyl (C=O) groups excluding carboxylic acids is 2. The van der Waals surface area contributed by atoms with Crippen molar-refractivity contribution in [3.05, 3.63) is 41.5 Å². The molecule has 0 spiro atoms. The van der Waals surface area contributed by atoms with Crippen molar-refractivity contribution in [1.29, 1.82) is 0 Å². The van der Waals surface area contributed by atoms with Gasteiger partial charge in [0, 0.05) is 12.2 Å². The zero-order valence-corrected chi connectivity index (χ0v) is 8.65. The SMILES string of the molecule is Cc1cccc(C)c1N1C(=O)C=CC1=O. The summed E-state index contributed by atoms with van der Waals surface area (Å²) >= 11 is 0. The molecule has 2 rings (SSSR count). The molecule has 0 aromatic heterocycles. The Hall–Kier alpha value is -1.90. The Morgan fingerprint density at radius 1 is 0.933 bits per heavy atom. The predicted molar refractivity (Wildman–Crippen MR) is 57.5 cm³/mol. The zero-order valence-electron chi connectivity index (χ0n) is 8.65. The van der Waals surface area contributed by atoms with E-state index in [1.54, 1.807) is 0 Å². The van der Waals surface area contributed by atoms with E-state index >= 15 is 0 Å². The molecule has 2 amide bonds. The third-order valence-corrected chi connectivity index (χ3v) is 2.47. The molecule has 0 radical (unpaired) electrons. The van der Waals surface area contributed by atoms with E-state index in [2.05, 4.69) is 0 Å². The highest BCUT2D eigenvalue weighted by Crippen LogP contribution is 2.26. The lowest BCUT2D eigenvalue weighted by atomic mass is 10.1. The molecule has 0 bridgehead atoms. The third kappa shape index (κ3) is 1.46. The highest BCUT2D eigenvalue weighted by molar-refractivity contribution is 6.28. The van der Waals surface area contributed by atoms with E-state index in [-0.39, 0.29) is 11.8 Å². The molecular formula is C12H11NO2. The summed E-state index contributed by atoms with van der Waals surface area (Å²) in [6, 6.07) is 5.69. The quantitative estimate of drug-likeness (QED) is 0.649. The first-order valence-corrected chi connectivity index (χ1v) is 4.73. The molecule has 0 unspecified atom stereocenters. The van der Waals surface area contributed by atoms with Gasteiger partial charge in [0.2, 0.25) is 0 Å². The van der Waals surface area contributed by atoms with Crippen molar-refractivity contribution in [3.8, 4) is 0 Å². The molecule has 0 saturated heterocycles. The van der Waals surface area contributed by atoms with Crippen LogP contribution in [0.25, 0.3) is 0 Å². The van der Waals surface area contributed by atoms with E-state index in [1.165, 1.54) is 17.1 Å². The average molecular weight is 201 g/mol. The Balaban J connectivity index is 2.55. The fourth-order valence-electron chi connectivity index (χ4n) is 1.78. The maximum absolute atomic E-state index is 11.5. The molecule has 0 aliphatic carbocycles. The van der Waals surface area contributed by atoms with Crippen LogP contribution in [-0.4, -0.2) is 11.8 Å². The molecule has 1 heterocycles. The van der Waals surface area contributed by atoms with Crippen LogP contribution in [0.2, 0.25) is 0 Å². The van der Waals surface area contributed by atoms with Gasteiger partial charge in [-0.15, -0.1) is 0 Å². The first-order chi connectivity index (χ1) is 7.11. The first-order valence-electron chi connectivity index (χ1n) is 4.73. The summed E-state index contributed by atoms with van der Waals surface area (Å²) < 4.78 is 0. The Morgan fingerprint density at radius 2 is 1.40 bits per heavy atom. The van der Waals surface area contributed by atoms with E-state index in [0.717, 1.165) is 11.1 Å². The standard InChI is InChI=1S/C12H11NO2/c1-8-4-3-5-9(2)12(8)13-10(14)6-7-11(13)15/h3-7H,1-2H3. The molecule has 0 fully saturated rings. The number of anilines is 1. The van der Waals surface area contributed by atoms with E-state index in [9.17, 15) is 9.59 Å². The van der Waals surface area contributed by atoms with Crippen LogP contribution in [-0.2, 0) is 9.59 Å². The summed E-state index contributed by atoms with van der Waals surface area (Å²) in [5, 5.41) is 0. The fourth-order valence-corrected chi connectivity index (χ4v) is 1.78. The van der Waals surface area contributed by atoms with Crippen molar-refractivity contribution in [2.75, 3.05) is 4.90 Å². The maximum atomic E-state index is 11.5. The highest BCUT2D eigenvalue weighted by atomic mass is 16.2. The Kier molecular flexibility index (Phi) is 2.15. The van der Waals surface area contributed by atoms with Crippen LogP contribution < -0.4 is 4.90 Å². The maximum Gasteiger partial charge on any atom is 0.258 e. The van der Waals surface area contributed by atoms with E-state index < -0.39 is 0 Å². The molecule has 1 aliphatic heterocycles. The molecule has 1 aromatic carbocycles. The number of carbonyl (C=O) groups is 2. The number of rotatable bonds is 1. The minimum atomic E-state index is -0.266. The number of amides is 2. The Bertz CT molecular complexity index is 436. The summed E-state index contributed by atoms with van der Waals surface area (Å²) in [5.74, 6) is -0.533. The van der Waals surface area contributed by atoms with Crippen molar-refractivity contribution >= 4 is 17.5 Å². The summed E-state index contributed by atoms with van der Waals surface area (Å²) in [4.78, 5) is 24.2. The van der Waals surface area contributed by atoms with Gasteiger partial charge in [0.15, 0.2) is 0 Å². The molecule has 3 heteroatoms. The minimum absolute atomic E-state index is 0.266. The number of hydrogen-bond acceptors (Lipinski definition) is 2. The molecule has 76 valence electrons. The summed E-state index contributed by atoms with van der Waals surface area (Å²) in [6.45, 7) is 3.78. The number of aryl methyl sites for hydroxylation is 2. The molecule has 15 heavy (non-hydrogen) atoms. The normalized spacial score (nSPS) is 15.2. The lowest BCUT2D eigenvalue weighted by Crippen LogP contribution is -2.30. The number of benzene rings is 1. The number of imide groups is 1. The smallest absolute Gasteiger partial charge is 0.258 e. The van der Waals surface area contributed by atoms with Gasteiger partial charge in [-0.2, -0.15) is 0 Å². The van der Waals surface area contributed by atoms with Crippen molar-refractivity contribution in [3.63, 3.8) is 0 Å². The van der Waals surface area contributed by atoms with Crippen molar-refractivity contribution in [2.24, 2.45) is 0 Å². The second-order valence-electron chi connectivity index (χ2n) is 3.59. The monoisotopic (exact) mass is 201 g/mol. The molecule has 0 saturated carbocycles. The third-order valence-electron chi connectivity index (χ3n) is 2.47. The van der Waals surface area contributed by atoms with E-state index in [4.69, 9.17) is 0 Å². The Morgan fingerprint density at radius 3 is 1.87 bits per heavy atom. The summed E-state index contributed by atoms with van der Waals surface area (Å²) in [7, 11) is 0. The fraction of sp³-hybridized carbons (Fsp3) is 0.167. The minimum Gasteiger partial charge on any atom is -0.269 e. The van der Waals surface area contributed by atoms with Crippen LogP contribution in [0.4, 0.5) is 5.69 Å². The molecule has 0 atom stereocenters. The van der Waals surface area contributed by atoms with Crippen LogP contribution in [0.3, 0.4) is 0 Å². The first kappa shape index (κ1) is 9.65. The van der Waals surface area contributed by atoms with Gasteiger partial charge in [0.1, 0.15) is 0 Å². The van der Waals surface area contributed by atoms with Crippen molar-refractivity contribution in [2.45, 2.75) is 13.8 Å². The van der Waals surface area contributed by atoms with Gasteiger partial charge in [0.05, 0.1) is 5.69 Å². The van der Waals surface area contributed by atoms with E-state index in [0.29, 0.717) is 5.69 Å². The van der Waals surface area contributed by atoms with E-state index in [1.807, 2.05) is 32.0 Å². The zero-order chi connectivity index (χ0) is 11.0. The molecule has 0 N–H and O–H groups in total. The van der Waals surface area contributed by atoms with Crippen LogP contribution in [0.1, 0.15) is 11.1 Å². The van der Waals surface area contributed by atoms with Gasteiger partial charge in [-0.25, -0.2) is 4.90 Å². The van der Waals surface area contributed by atoms with Gasteiger partial charge in [-0.05, 0) is 25.0 Å². The van der Waals surface area contributed by atoms with Crippen LogP contribution in [0, 0.1) is 13.8 Å².